The first kappa shape index (κ1) is 55.1. The lowest BCUT2D eigenvalue weighted by Gasteiger charge is -2.31. The Morgan fingerprint density at radius 3 is 2.12 bits per heavy atom. The highest BCUT2D eigenvalue weighted by molar-refractivity contribution is 6.06. The molecule has 5 heterocycles. The van der Waals surface area contributed by atoms with Crippen LogP contribution in [0, 0.1) is 19.8 Å². The maximum atomic E-state index is 14.2. The fourth-order valence-electron chi connectivity index (χ4n) is 10.2. The summed E-state index contributed by atoms with van der Waals surface area (Å²) in [5, 5.41) is 15.0. The Labute approximate surface area is 444 Å². The average molecular weight is 1040 g/mol. The number of hydrogen-bond donors (Lipinski definition) is 2. The van der Waals surface area contributed by atoms with E-state index in [9.17, 15) is 38.7 Å². The monoisotopic (exact) mass is 1040 g/mol. The molecule has 0 saturated carbocycles. The van der Waals surface area contributed by atoms with Crippen LogP contribution in [0.5, 0.6) is 11.5 Å². The van der Waals surface area contributed by atoms with Crippen molar-refractivity contribution in [2.45, 2.75) is 124 Å². The van der Waals surface area contributed by atoms with Gasteiger partial charge in [0.05, 0.1) is 61.0 Å². The number of ketones is 2. The second-order valence-electron chi connectivity index (χ2n) is 20.3. The fraction of sp³-hybridized carbons (Fsp3) is 0.483. The van der Waals surface area contributed by atoms with Gasteiger partial charge in [-0.05, 0) is 107 Å². The third-order valence-electron chi connectivity index (χ3n) is 14.8. The number of carbonyl (C=O) groups is 7. The number of allylic oxidation sites excluding steroid dienone is 2. The Morgan fingerprint density at radius 1 is 0.750 bits per heavy atom. The first-order valence-corrected chi connectivity index (χ1v) is 26.5. The molecule has 3 fully saturated rings. The van der Waals surface area contributed by atoms with Crippen molar-refractivity contribution in [1.82, 2.24) is 14.7 Å². The average Bonchev–Trinajstić information content (AvgIpc) is 4.09. The summed E-state index contributed by atoms with van der Waals surface area (Å²) in [5.41, 5.74) is 6.77. The van der Waals surface area contributed by atoms with Crippen LogP contribution in [0.4, 0.5) is 21.9 Å². The minimum absolute atomic E-state index is 0.0158. The van der Waals surface area contributed by atoms with E-state index in [0.29, 0.717) is 91.7 Å². The summed E-state index contributed by atoms with van der Waals surface area (Å²) in [7, 11) is 0. The maximum absolute atomic E-state index is 14.2. The molecule has 3 aromatic carbocycles. The number of unbranched alkanes of at least 4 members (excludes halogenated alkanes) is 2. The third kappa shape index (κ3) is 12.9. The van der Waals surface area contributed by atoms with E-state index in [0.717, 1.165) is 35.3 Å². The van der Waals surface area contributed by atoms with Crippen LogP contribution in [0.3, 0.4) is 0 Å². The molecule has 3 saturated heterocycles. The number of imide groups is 1. The Kier molecular flexibility index (Phi) is 18.2. The number of aliphatic hydroxyl groups is 1. The smallest absolute Gasteiger partial charge is 0.416 e. The second-order valence-corrected chi connectivity index (χ2v) is 20.3. The lowest BCUT2D eigenvalue weighted by molar-refractivity contribution is -0.139. The van der Waals surface area contributed by atoms with E-state index in [1.54, 1.807) is 48.2 Å². The highest BCUT2D eigenvalue weighted by atomic mass is 16.6. The van der Waals surface area contributed by atoms with E-state index >= 15 is 0 Å². The summed E-state index contributed by atoms with van der Waals surface area (Å²) in [6, 6.07) is 13.4. The van der Waals surface area contributed by atoms with Gasteiger partial charge in [0.25, 0.3) is 11.8 Å². The lowest BCUT2D eigenvalue weighted by Crippen LogP contribution is -2.50. The van der Waals surface area contributed by atoms with Crippen LogP contribution in [0.1, 0.15) is 122 Å². The third-order valence-corrected chi connectivity index (χ3v) is 14.8. The van der Waals surface area contributed by atoms with Crippen LogP contribution in [-0.2, 0) is 35.3 Å². The number of likely N-dealkylation sites (tertiary alicyclic amines) is 1. The van der Waals surface area contributed by atoms with Gasteiger partial charge in [-0.15, -0.1) is 0 Å². The van der Waals surface area contributed by atoms with Crippen LogP contribution in [-0.4, -0.2) is 138 Å². The number of fused-ring (bicyclic) bond motifs is 4. The van der Waals surface area contributed by atoms with E-state index < -0.39 is 18.4 Å². The molecular weight excluding hydrogens is 973 g/mol. The first-order chi connectivity index (χ1) is 36.6. The van der Waals surface area contributed by atoms with Crippen molar-refractivity contribution in [2.24, 2.45) is 10.9 Å². The summed E-state index contributed by atoms with van der Waals surface area (Å²) in [6.07, 6.45) is 8.29. The number of rotatable bonds is 23. The predicted octanol–water partition coefficient (Wildman–Crippen LogP) is 7.97. The van der Waals surface area contributed by atoms with Crippen molar-refractivity contribution in [3.8, 4) is 11.5 Å². The topological polar surface area (TPSA) is 214 Å². The van der Waals surface area contributed by atoms with Gasteiger partial charge in [-0.25, -0.2) is 9.69 Å². The van der Waals surface area contributed by atoms with Crippen molar-refractivity contribution in [3.63, 3.8) is 0 Å². The Bertz CT molecular complexity index is 2800. The summed E-state index contributed by atoms with van der Waals surface area (Å²) in [4.78, 5) is 101. The lowest BCUT2D eigenvalue weighted by atomic mass is 10.1. The Hall–Kier alpha value is -7.18. The normalized spacial score (nSPS) is 20.9. The maximum Gasteiger partial charge on any atom is 0.416 e. The number of benzene rings is 3. The van der Waals surface area contributed by atoms with Crippen LogP contribution in [0.15, 0.2) is 76.8 Å². The number of anilines is 2. The molecule has 0 radical (unpaired) electrons. The summed E-state index contributed by atoms with van der Waals surface area (Å²) in [6.45, 7) is 11.7. The number of aliphatic hydroxyl groups excluding tert-OH is 1. The molecule has 0 bridgehead atoms. The van der Waals surface area contributed by atoms with Crippen LogP contribution in [0.2, 0.25) is 0 Å². The number of Topliss-reactive ketones (excluding diaryl/α,β-unsaturated/α-hetero) is 2. The number of nitrogens with one attached hydrogen (secondary N) is 1. The van der Waals surface area contributed by atoms with Crippen LogP contribution >= 0.6 is 0 Å². The molecule has 1 unspecified atom stereocenters. The van der Waals surface area contributed by atoms with Gasteiger partial charge in [-0.1, -0.05) is 42.4 Å². The molecule has 0 aromatic heterocycles. The van der Waals surface area contributed by atoms with Gasteiger partial charge in [-0.3, -0.25) is 38.7 Å². The highest BCUT2D eigenvalue weighted by Gasteiger charge is 2.46. The van der Waals surface area contributed by atoms with Crippen molar-refractivity contribution in [2.75, 3.05) is 62.8 Å². The Balaban J connectivity index is 0.790. The van der Waals surface area contributed by atoms with E-state index in [1.807, 2.05) is 57.0 Å². The van der Waals surface area contributed by atoms with Crippen molar-refractivity contribution < 1.29 is 57.6 Å². The van der Waals surface area contributed by atoms with Crippen LogP contribution < -0.4 is 19.7 Å². The van der Waals surface area contributed by atoms with Gasteiger partial charge in [0.2, 0.25) is 11.8 Å². The Morgan fingerprint density at radius 2 is 1.42 bits per heavy atom. The number of carbonyl (C=O) groups excluding carboxylic acids is 7. The molecule has 5 aliphatic heterocycles. The SMILES string of the molecule is CC=C1C[C@H]2C=Nc3cc(OCCCCCOc4cc5c(cc4C)C(=O)N4CC(=CC)C[C@H]4[C@H](O)N5C(=O)OCc4ccc(NCC(=O)CCOCCCC(=O)CCN5C(=O)CC(C)C5=O)cc4)c(C)cc3C(=O)N2C1. The summed E-state index contributed by atoms with van der Waals surface area (Å²) in [5.74, 6) is -0.0709. The molecule has 76 heavy (non-hydrogen) atoms. The van der Waals surface area contributed by atoms with Gasteiger partial charge in [0.1, 0.15) is 23.9 Å². The highest BCUT2D eigenvalue weighted by Crippen LogP contribution is 2.40. The van der Waals surface area contributed by atoms with Gasteiger partial charge >= 0.3 is 6.09 Å². The summed E-state index contributed by atoms with van der Waals surface area (Å²) < 4.78 is 23.9. The number of aliphatic imine (C=N–C) groups is 1. The minimum atomic E-state index is -1.41. The molecule has 5 amide bonds. The van der Waals surface area contributed by atoms with Gasteiger partial charge in [-0.2, -0.15) is 0 Å². The molecule has 4 atom stereocenters. The fourth-order valence-corrected chi connectivity index (χ4v) is 10.2. The summed E-state index contributed by atoms with van der Waals surface area (Å²) >= 11 is 0. The molecule has 18 nitrogen and oxygen atoms in total. The van der Waals surface area contributed by atoms with Crippen LogP contribution in [0.25, 0.3) is 0 Å². The molecule has 5 aliphatic rings. The second kappa shape index (κ2) is 25.1. The van der Waals surface area contributed by atoms with Crippen molar-refractivity contribution in [1.29, 1.82) is 0 Å². The van der Waals surface area contributed by atoms with Gasteiger partial charge in [0, 0.05) is 81.9 Å². The predicted molar refractivity (Wildman–Crippen MR) is 285 cm³/mol. The number of aryl methyl sites for hydroxylation is 2. The van der Waals surface area contributed by atoms with Crippen molar-refractivity contribution in [3.05, 3.63) is 99.6 Å². The van der Waals surface area contributed by atoms with Crippen molar-refractivity contribution >= 4 is 64.6 Å². The molecule has 404 valence electrons. The quantitative estimate of drug-likeness (QED) is 0.0525. The molecule has 0 spiro atoms. The molecular formula is C58H70N6O12. The van der Waals surface area contributed by atoms with E-state index in [2.05, 4.69) is 16.4 Å². The zero-order valence-electron chi connectivity index (χ0n) is 44.3. The number of nitrogens with zero attached hydrogens (tertiary/aromatic N) is 5. The zero-order chi connectivity index (χ0) is 54.0. The number of ether oxygens (including phenoxy) is 4. The number of amides is 5. The molecule has 2 N–H and O–H groups in total. The number of hydrogen-bond acceptors (Lipinski definition) is 14. The molecule has 8 rings (SSSR count). The molecule has 0 aliphatic carbocycles. The standard InChI is InChI=1S/C58H70N6O12/c1-6-39-27-43-31-60-48-29-51(36(3)24-46(48)55(69)62(43)33-39)74-21-9-8-10-22-75-52-30-49-47(25-37(52)4)56(70)63-34-40(7-2)28-50(63)57(71)64(49)58(72)76-35-41-13-15-42(16-14-41)59-32-45(66)18-23-73-20-11-12-44(65)17-19-61-53(67)26-38(5)54(61)68/h6-7,13-16,24-25,29-31,38,43,50,57,59,71H,8-12,17-23,26-28,32-35H2,1-5H3/t38?,43-,50-,57-/m0/s1. The van der Waals surface area contributed by atoms with E-state index in [4.69, 9.17) is 18.9 Å². The molecule has 18 heteroatoms. The first-order valence-electron chi connectivity index (χ1n) is 26.5. The van der Waals surface area contributed by atoms with Gasteiger partial charge < -0.3 is 39.2 Å². The zero-order valence-corrected chi connectivity index (χ0v) is 44.3. The van der Waals surface area contributed by atoms with Gasteiger partial charge in [0.15, 0.2) is 12.0 Å². The van der Waals surface area contributed by atoms with E-state index in [1.165, 1.54) is 10.5 Å². The largest absolute Gasteiger partial charge is 0.493 e. The molecule has 3 aromatic rings. The van der Waals surface area contributed by atoms with E-state index in [-0.39, 0.29) is 110 Å². The minimum Gasteiger partial charge on any atom is -0.493 e.